The van der Waals surface area contributed by atoms with Gasteiger partial charge < -0.3 is 10.5 Å². The first kappa shape index (κ1) is 8.82. The predicted octanol–water partition coefficient (Wildman–Crippen LogP) is 1.57. The molecule has 0 unspecified atom stereocenters. The molecule has 0 amide bonds. The van der Waals surface area contributed by atoms with Crippen LogP contribution in [0.1, 0.15) is 6.92 Å². The molecule has 0 fully saturated rings. The Bertz CT molecular complexity index is 180. The lowest BCUT2D eigenvalue weighted by Gasteiger charge is -2.02. The summed E-state index contributed by atoms with van der Waals surface area (Å²) in [7, 11) is 1.53. The molecule has 0 atom stereocenters. The Kier molecular flexibility index (Phi) is 3.33. The summed E-state index contributed by atoms with van der Waals surface area (Å²) in [6.07, 6.45) is 1.71. The molecule has 0 radical (unpaired) electrons. The number of methoxy groups -OCH3 is 1. The molecule has 0 aliphatic rings. The standard InChI is InChI=1S/C8H13NO/c1-6(2)5-8(9)7(3)10-4/h5H,1,3,9H2,2,4H3/b8-5+. The van der Waals surface area contributed by atoms with Crippen LogP contribution in [0.15, 0.2) is 36.3 Å². The third-order valence-electron chi connectivity index (χ3n) is 0.970. The van der Waals surface area contributed by atoms with Crippen molar-refractivity contribution in [2.45, 2.75) is 6.92 Å². The molecule has 0 saturated heterocycles. The quantitative estimate of drug-likeness (QED) is 0.475. The lowest BCUT2D eigenvalue weighted by atomic mass is 10.2. The second kappa shape index (κ2) is 3.77. The molecule has 10 heavy (non-hydrogen) atoms. The zero-order valence-corrected chi connectivity index (χ0v) is 6.48. The van der Waals surface area contributed by atoms with E-state index in [4.69, 9.17) is 10.5 Å². The van der Waals surface area contributed by atoms with Crippen LogP contribution in [-0.4, -0.2) is 7.11 Å². The fourth-order valence-corrected chi connectivity index (χ4v) is 0.464. The third-order valence-corrected chi connectivity index (χ3v) is 0.970. The van der Waals surface area contributed by atoms with Gasteiger partial charge in [0, 0.05) is 0 Å². The van der Waals surface area contributed by atoms with Crippen LogP contribution in [0.4, 0.5) is 0 Å². The summed E-state index contributed by atoms with van der Waals surface area (Å²) in [5.74, 6) is 0.475. The number of rotatable bonds is 3. The Morgan fingerprint density at radius 1 is 1.50 bits per heavy atom. The van der Waals surface area contributed by atoms with E-state index in [9.17, 15) is 0 Å². The third kappa shape index (κ3) is 2.97. The first-order valence-corrected chi connectivity index (χ1v) is 2.94. The van der Waals surface area contributed by atoms with E-state index in [2.05, 4.69) is 13.2 Å². The normalized spacial score (nSPS) is 10.8. The van der Waals surface area contributed by atoms with Crippen molar-refractivity contribution in [3.8, 4) is 0 Å². The van der Waals surface area contributed by atoms with Crippen LogP contribution in [0.5, 0.6) is 0 Å². The van der Waals surface area contributed by atoms with E-state index in [1.165, 1.54) is 7.11 Å². The van der Waals surface area contributed by atoms with E-state index >= 15 is 0 Å². The van der Waals surface area contributed by atoms with Crippen molar-refractivity contribution < 1.29 is 4.74 Å². The van der Waals surface area contributed by atoms with Crippen LogP contribution in [0.2, 0.25) is 0 Å². The lowest BCUT2D eigenvalue weighted by Crippen LogP contribution is -2.01. The van der Waals surface area contributed by atoms with Gasteiger partial charge in [0.2, 0.25) is 0 Å². The van der Waals surface area contributed by atoms with Crippen molar-refractivity contribution in [2.75, 3.05) is 7.11 Å². The minimum Gasteiger partial charge on any atom is -0.495 e. The van der Waals surface area contributed by atoms with Gasteiger partial charge in [0.1, 0.15) is 5.76 Å². The molecule has 0 aromatic heterocycles. The van der Waals surface area contributed by atoms with Gasteiger partial charge in [0.25, 0.3) is 0 Å². The van der Waals surface area contributed by atoms with E-state index in [-0.39, 0.29) is 0 Å². The summed E-state index contributed by atoms with van der Waals surface area (Å²) < 4.78 is 4.78. The molecule has 0 aromatic carbocycles. The summed E-state index contributed by atoms with van der Waals surface area (Å²) >= 11 is 0. The maximum Gasteiger partial charge on any atom is 0.134 e. The highest BCUT2D eigenvalue weighted by Gasteiger charge is 1.93. The van der Waals surface area contributed by atoms with Crippen LogP contribution in [0.3, 0.4) is 0 Å². The molecule has 0 bridgehead atoms. The number of ether oxygens (including phenoxy) is 1. The van der Waals surface area contributed by atoms with Gasteiger partial charge >= 0.3 is 0 Å². The van der Waals surface area contributed by atoms with Crippen molar-refractivity contribution in [1.29, 1.82) is 0 Å². The Labute approximate surface area is 61.7 Å². The number of allylic oxidation sites excluding steroid dienone is 2. The Morgan fingerprint density at radius 2 is 2.00 bits per heavy atom. The average molecular weight is 139 g/mol. The van der Waals surface area contributed by atoms with Gasteiger partial charge in [-0.1, -0.05) is 18.7 Å². The summed E-state index contributed by atoms with van der Waals surface area (Å²) in [5, 5.41) is 0. The second-order valence-electron chi connectivity index (χ2n) is 2.07. The van der Waals surface area contributed by atoms with Crippen molar-refractivity contribution >= 4 is 0 Å². The van der Waals surface area contributed by atoms with Crippen LogP contribution < -0.4 is 5.73 Å². The van der Waals surface area contributed by atoms with E-state index < -0.39 is 0 Å². The summed E-state index contributed by atoms with van der Waals surface area (Å²) in [6, 6.07) is 0. The fourth-order valence-electron chi connectivity index (χ4n) is 0.464. The largest absolute Gasteiger partial charge is 0.495 e. The fraction of sp³-hybridized carbons (Fsp3) is 0.250. The maximum absolute atomic E-state index is 5.50. The van der Waals surface area contributed by atoms with Gasteiger partial charge in [0.15, 0.2) is 0 Å². The molecular weight excluding hydrogens is 126 g/mol. The van der Waals surface area contributed by atoms with E-state index in [1.807, 2.05) is 6.92 Å². The Balaban J connectivity index is 4.19. The minimum atomic E-state index is 0.475. The van der Waals surface area contributed by atoms with Gasteiger partial charge in [-0.3, -0.25) is 0 Å². The molecular formula is C8H13NO. The highest BCUT2D eigenvalue weighted by molar-refractivity contribution is 5.27. The zero-order valence-electron chi connectivity index (χ0n) is 6.48. The van der Waals surface area contributed by atoms with Crippen molar-refractivity contribution in [3.05, 3.63) is 36.3 Å². The topological polar surface area (TPSA) is 35.2 Å². The minimum absolute atomic E-state index is 0.475. The molecule has 0 spiro atoms. The van der Waals surface area contributed by atoms with Gasteiger partial charge in [-0.2, -0.15) is 0 Å². The Hall–Kier alpha value is -1.18. The molecule has 0 aliphatic heterocycles. The average Bonchev–Trinajstić information content (AvgIpc) is 1.85. The number of hydrogen-bond donors (Lipinski definition) is 1. The molecule has 0 aromatic rings. The first-order valence-electron chi connectivity index (χ1n) is 2.94. The molecule has 56 valence electrons. The van der Waals surface area contributed by atoms with Crippen LogP contribution in [-0.2, 0) is 4.74 Å². The Morgan fingerprint density at radius 3 is 2.30 bits per heavy atom. The van der Waals surface area contributed by atoms with E-state index in [0.717, 1.165) is 5.57 Å². The van der Waals surface area contributed by atoms with Gasteiger partial charge in [0.05, 0.1) is 12.8 Å². The summed E-state index contributed by atoms with van der Waals surface area (Å²) in [6.45, 7) is 9.09. The highest BCUT2D eigenvalue weighted by atomic mass is 16.5. The van der Waals surface area contributed by atoms with Gasteiger partial charge in [-0.15, -0.1) is 0 Å². The van der Waals surface area contributed by atoms with Crippen molar-refractivity contribution in [3.63, 3.8) is 0 Å². The summed E-state index contributed by atoms with van der Waals surface area (Å²) in [4.78, 5) is 0. The van der Waals surface area contributed by atoms with Crippen LogP contribution >= 0.6 is 0 Å². The van der Waals surface area contributed by atoms with E-state index in [1.54, 1.807) is 6.08 Å². The van der Waals surface area contributed by atoms with Crippen molar-refractivity contribution in [1.82, 2.24) is 0 Å². The molecule has 2 heteroatoms. The molecule has 0 aliphatic carbocycles. The lowest BCUT2D eigenvalue weighted by molar-refractivity contribution is 0.302. The smallest absolute Gasteiger partial charge is 0.134 e. The van der Waals surface area contributed by atoms with E-state index in [0.29, 0.717) is 11.5 Å². The first-order chi connectivity index (χ1) is 4.57. The SMILES string of the molecule is C=C(C)/C=C(/N)C(=C)OC. The zero-order chi connectivity index (χ0) is 8.15. The van der Waals surface area contributed by atoms with Crippen LogP contribution in [0, 0.1) is 0 Å². The van der Waals surface area contributed by atoms with Gasteiger partial charge in [-0.25, -0.2) is 0 Å². The van der Waals surface area contributed by atoms with Gasteiger partial charge in [-0.05, 0) is 13.0 Å². The predicted molar refractivity (Wildman–Crippen MR) is 43.2 cm³/mol. The molecule has 0 rings (SSSR count). The highest BCUT2D eigenvalue weighted by Crippen LogP contribution is 2.03. The monoisotopic (exact) mass is 139 g/mol. The number of hydrogen-bond acceptors (Lipinski definition) is 2. The molecule has 0 heterocycles. The van der Waals surface area contributed by atoms with Crippen LogP contribution in [0.25, 0.3) is 0 Å². The second-order valence-corrected chi connectivity index (χ2v) is 2.07. The summed E-state index contributed by atoms with van der Waals surface area (Å²) in [5.41, 5.74) is 6.91. The molecule has 2 nitrogen and oxygen atoms in total. The maximum atomic E-state index is 5.50. The number of nitrogens with two attached hydrogens (primary N) is 1. The van der Waals surface area contributed by atoms with Crippen molar-refractivity contribution in [2.24, 2.45) is 5.73 Å². The molecule has 0 saturated carbocycles. The molecule has 2 N–H and O–H groups in total.